The van der Waals surface area contributed by atoms with Crippen molar-refractivity contribution in [3.63, 3.8) is 0 Å². The number of aliphatic hydroxyl groups is 1. The number of carbonyl (C=O) groups is 2. The fourth-order valence-electron chi connectivity index (χ4n) is 2.40. The molecule has 0 spiro atoms. The Labute approximate surface area is 93.8 Å². The maximum absolute atomic E-state index is 11.6. The van der Waals surface area contributed by atoms with E-state index in [2.05, 4.69) is 0 Å². The first-order chi connectivity index (χ1) is 7.56. The fraction of sp³-hybridized carbons (Fsp3) is 0.800. The van der Waals surface area contributed by atoms with Crippen LogP contribution in [0.5, 0.6) is 0 Å². The number of likely N-dealkylation sites (N-methyl/N-ethyl adjacent to an activating group) is 1. The van der Waals surface area contributed by atoms with Crippen LogP contribution in [0.2, 0.25) is 0 Å². The highest BCUT2D eigenvalue weighted by Gasteiger charge is 2.45. The summed E-state index contributed by atoms with van der Waals surface area (Å²) in [5, 5.41) is 9.57. The number of hydrogen-bond donors (Lipinski definition) is 1. The molecule has 0 aliphatic carbocycles. The molecule has 2 heterocycles. The van der Waals surface area contributed by atoms with Crippen LogP contribution in [0.15, 0.2) is 0 Å². The molecule has 16 heavy (non-hydrogen) atoms. The molecule has 0 aromatic rings. The zero-order valence-electron chi connectivity index (χ0n) is 9.37. The second kappa shape index (κ2) is 4.03. The normalized spacial score (nSPS) is 39.6. The predicted molar refractivity (Wildman–Crippen MR) is 54.0 cm³/mol. The van der Waals surface area contributed by atoms with Crippen molar-refractivity contribution in [2.24, 2.45) is 0 Å². The van der Waals surface area contributed by atoms with Crippen molar-refractivity contribution in [3.8, 4) is 0 Å². The SMILES string of the molecule is CC1OC(C2CCC(O)N2C=O)N(C)C1=O. The van der Waals surface area contributed by atoms with E-state index in [1.54, 1.807) is 14.0 Å². The molecular weight excluding hydrogens is 212 g/mol. The van der Waals surface area contributed by atoms with E-state index in [0.717, 1.165) is 0 Å². The van der Waals surface area contributed by atoms with Crippen LogP contribution in [-0.2, 0) is 14.3 Å². The number of hydrogen-bond acceptors (Lipinski definition) is 4. The van der Waals surface area contributed by atoms with Gasteiger partial charge >= 0.3 is 0 Å². The van der Waals surface area contributed by atoms with E-state index in [-0.39, 0.29) is 11.9 Å². The number of aliphatic hydroxyl groups excluding tert-OH is 1. The Balaban J connectivity index is 2.14. The van der Waals surface area contributed by atoms with E-state index in [1.165, 1.54) is 9.80 Å². The molecule has 0 radical (unpaired) electrons. The summed E-state index contributed by atoms with van der Waals surface area (Å²) < 4.78 is 5.51. The number of carbonyl (C=O) groups excluding carboxylic acids is 2. The Bertz CT molecular complexity index is 309. The number of ether oxygens (including phenoxy) is 1. The number of rotatable bonds is 2. The molecule has 0 bridgehead atoms. The Morgan fingerprint density at radius 3 is 2.69 bits per heavy atom. The van der Waals surface area contributed by atoms with E-state index >= 15 is 0 Å². The Morgan fingerprint density at radius 1 is 1.50 bits per heavy atom. The molecule has 6 nitrogen and oxygen atoms in total. The molecule has 2 saturated heterocycles. The van der Waals surface area contributed by atoms with E-state index in [9.17, 15) is 14.7 Å². The topological polar surface area (TPSA) is 70.1 Å². The first-order valence-electron chi connectivity index (χ1n) is 5.39. The highest BCUT2D eigenvalue weighted by molar-refractivity contribution is 5.82. The van der Waals surface area contributed by atoms with Gasteiger partial charge in [-0.25, -0.2) is 0 Å². The molecule has 6 heteroatoms. The van der Waals surface area contributed by atoms with Crippen LogP contribution in [-0.4, -0.2) is 58.9 Å². The lowest BCUT2D eigenvalue weighted by Crippen LogP contribution is -2.47. The first-order valence-corrected chi connectivity index (χ1v) is 5.39. The van der Waals surface area contributed by atoms with Crippen LogP contribution < -0.4 is 0 Å². The summed E-state index contributed by atoms with van der Waals surface area (Å²) in [6.45, 7) is 1.69. The molecule has 1 N–H and O–H groups in total. The van der Waals surface area contributed by atoms with Gasteiger partial charge in [-0.3, -0.25) is 9.59 Å². The van der Waals surface area contributed by atoms with E-state index in [4.69, 9.17) is 4.74 Å². The summed E-state index contributed by atoms with van der Waals surface area (Å²) in [6, 6.07) is -0.244. The zero-order valence-corrected chi connectivity index (χ0v) is 9.37. The molecule has 2 aliphatic rings. The minimum absolute atomic E-state index is 0.0859. The van der Waals surface area contributed by atoms with Gasteiger partial charge in [-0.15, -0.1) is 0 Å². The minimum atomic E-state index is -0.759. The van der Waals surface area contributed by atoms with Crippen molar-refractivity contribution in [2.75, 3.05) is 7.05 Å². The summed E-state index contributed by atoms with van der Waals surface area (Å²) in [4.78, 5) is 25.3. The van der Waals surface area contributed by atoms with Crippen LogP contribution in [0, 0.1) is 0 Å². The molecular formula is C10H16N2O4. The van der Waals surface area contributed by atoms with Crippen LogP contribution in [0.4, 0.5) is 0 Å². The minimum Gasteiger partial charge on any atom is -0.374 e. The summed E-state index contributed by atoms with van der Waals surface area (Å²) in [5.41, 5.74) is 0. The quantitative estimate of drug-likeness (QED) is 0.624. The van der Waals surface area contributed by atoms with E-state index in [0.29, 0.717) is 19.3 Å². The lowest BCUT2D eigenvalue weighted by atomic mass is 10.2. The van der Waals surface area contributed by atoms with Gasteiger partial charge in [-0.05, 0) is 19.8 Å². The molecule has 0 saturated carbocycles. The third kappa shape index (κ3) is 1.58. The average molecular weight is 228 g/mol. The number of amides is 2. The van der Waals surface area contributed by atoms with E-state index in [1.807, 2.05) is 0 Å². The van der Waals surface area contributed by atoms with Crippen LogP contribution >= 0.6 is 0 Å². The monoisotopic (exact) mass is 228 g/mol. The zero-order chi connectivity index (χ0) is 11.9. The van der Waals surface area contributed by atoms with E-state index < -0.39 is 18.6 Å². The Morgan fingerprint density at radius 2 is 2.19 bits per heavy atom. The van der Waals surface area contributed by atoms with Gasteiger partial charge in [0.1, 0.15) is 12.3 Å². The number of likely N-dealkylation sites (tertiary alicyclic amines) is 1. The van der Waals surface area contributed by atoms with Crippen molar-refractivity contribution >= 4 is 12.3 Å². The molecule has 2 aliphatic heterocycles. The Kier molecular flexibility index (Phi) is 2.86. The van der Waals surface area contributed by atoms with Crippen molar-refractivity contribution < 1.29 is 19.4 Å². The molecule has 4 atom stereocenters. The van der Waals surface area contributed by atoms with Gasteiger partial charge in [0.25, 0.3) is 5.91 Å². The van der Waals surface area contributed by atoms with Gasteiger partial charge in [0, 0.05) is 7.05 Å². The van der Waals surface area contributed by atoms with Crippen molar-refractivity contribution in [2.45, 2.75) is 44.4 Å². The molecule has 2 amide bonds. The molecule has 2 fully saturated rings. The second-order valence-corrected chi connectivity index (χ2v) is 4.30. The maximum Gasteiger partial charge on any atom is 0.253 e. The van der Waals surface area contributed by atoms with Crippen molar-refractivity contribution in [1.82, 2.24) is 9.80 Å². The van der Waals surface area contributed by atoms with Gasteiger partial charge in [-0.2, -0.15) is 0 Å². The predicted octanol–water partition coefficient (Wildman–Crippen LogP) is -0.871. The third-order valence-electron chi connectivity index (χ3n) is 3.32. The first kappa shape index (κ1) is 11.3. The summed E-state index contributed by atoms with van der Waals surface area (Å²) in [5.74, 6) is -0.0859. The van der Waals surface area contributed by atoms with Gasteiger partial charge < -0.3 is 19.6 Å². The van der Waals surface area contributed by atoms with Crippen LogP contribution in [0.1, 0.15) is 19.8 Å². The largest absolute Gasteiger partial charge is 0.374 e. The lowest BCUT2D eigenvalue weighted by Gasteiger charge is -2.30. The Hall–Kier alpha value is -1.14. The average Bonchev–Trinajstić information content (AvgIpc) is 2.74. The standard InChI is InChI=1S/C10H16N2O4/c1-6-9(15)11(2)10(16-6)7-3-4-8(14)12(7)5-13/h5-8,10,14H,3-4H2,1-2H3. The highest BCUT2D eigenvalue weighted by atomic mass is 16.5. The third-order valence-corrected chi connectivity index (χ3v) is 3.32. The molecule has 0 aromatic heterocycles. The fourth-order valence-corrected chi connectivity index (χ4v) is 2.40. The van der Waals surface area contributed by atoms with Crippen molar-refractivity contribution in [3.05, 3.63) is 0 Å². The van der Waals surface area contributed by atoms with Crippen molar-refractivity contribution in [1.29, 1.82) is 0 Å². The maximum atomic E-state index is 11.6. The van der Waals surface area contributed by atoms with Gasteiger partial charge in [0.15, 0.2) is 6.23 Å². The van der Waals surface area contributed by atoms with Gasteiger partial charge in [0.05, 0.1) is 6.04 Å². The molecule has 0 aromatic carbocycles. The molecule has 2 rings (SSSR count). The summed E-state index contributed by atoms with van der Waals surface area (Å²) in [7, 11) is 1.66. The molecule has 90 valence electrons. The second-order valence-electron chi connectivity index (χ2n) is 4.30. The highest BCUT2D eigenvalue weighted by Crippen LogP contribution is 2.29. The molecule has 4 unspecified atom stereocenters. The van der Waals surface area contributed by atoms with Gasteiger partial charge in [0.2, 0.25) is 6.41 Å². The van der Waals surface area contributed by atoms with Crippen LogP contribution in [0.25, 0.3) is 0 Å². The van der Waals surface area contributed by atoms with Gasteiger partial charge in [-0.1, -0.05) is 0 Å². The van der Waals surface area contributed by atoms with Crippen LogP contribution in [0.3, 0.4) is 0 Å². The smallest absolute Gasteiger partial charge is 0.253 e. The summed E-state index contributed by atoms with van der Waals surface area (Å²) >= 11 is 0. The lowest BCUT2D eigenvalue weighted by molar-refractivity contribution is -0.136. The number of nitrogens with zero attached hydrogens (tertiary/aromatic N) is 2. The summed E-state index contributed by atoms with van der Waals surface area (Å²) in [6.07, 6.45) is 0.123.